The highest BCUT2D eigenvalue weighted by atomic mass is 31.2. The van der Waals surface area contributed by atoms with Gasteiger partial charge in [0.1, 0.15) is 92.6 Å². The Morgan fingerprint density at radius 1 is 0.347 bits per heavy atom. The van der Waals surface area contributed by atoms with Crippen molar-refractivity contribution in [2.75, 3.05) is 26.4 Å². The molecule has 0 aromatic carbocycles. The van der Waals surface area contributed by atoms with Crippen LogP contribution in [0, 0.1) is 5.92 Å². The van der Waals surface area contributed by atoms with E-state index < -0.39 is 162 Å². The first-order chi connectivity index (χ1) is 58.6. The van der Waals surface area contributed by atoms with E-state index in [2.05, 4.69) is 58.9 Å². The number of esters is 4. The Bertz CT molecular complexity index is 2620. The molecule has 19 atom stereocenters. The summed E-state index contributed by atoms with van der Waals surface area (Å²) in [4.78, 5) is 66.6. The molecule has 2 saturated heterocycles. The molecule has 0 amide bonds. The fraction of sp³-hybridized carbons (Fsp3) is 0.916. The first-order valence-electron chi connectivity index (χ1n) is 49.0. The number of unbranched alkanes of at least 4 members (excludes halogenated alkanes) is 47. The van der Waals surface area contributed by atoms with Gasteiger partial charge < -0.3 is 88.7 Å². The third kappa shape index (κ3) is 52.9. The van der Waals surface area contributed by atoms with Crippen LogP contribution in [0.15, 0.2) is 24.3 Å². The van der Waals surface area contributed by atoms with E-state index >= 15 is 0 Å². The summed E-state index contributed by atoms with van der Waals surface area (Å²) in [7, 11) is -5.81. The Labute approximate surface area is 730 Å². The number of hydrogen-bond acceptors (Lipinski definition) is 24. The summed E-state index contributed by atoms with van der Waals surface area (Å²) < 4.78 is 73.6. The number of ether oxygens (including phenoxy) is 8. The minimum absolute atomic E-state index is 0.0142. The molecule has 3 rings (SSSR count). The van der Waals surface area contributed by atoms with Crippen molar-refractivity contribution in [2.45, 2.75) is 524 Å². The number of rotatable bonds is 79. The standard InChI is InChI=1S/C95H175O25P/c1-6-10-14-18-22-25-28-31-34-37-40-42-45-48-56-62-68-80(99)114-75(71-111-78(97)66-60-54-47-44-41-38-35-32-29-26-23-19-15-11-7-2)72-113-121(109,110)120-93-91(118-94-88(107)84(103)82(101)76(70-96)115-94)87(106)86(105)90(117-81(100)69-63-57-49-46-43-39-36-33-30-27-24-20-16-12-8-3)92(93)119-95-89(108)85(104)83(102)77(116-95)73-112-79(98)67-61-55-51-50-53-59-65-74(5)64-58-52-21-17-13-9-4/h26-27,29-30,74-77,82-96,101-108H,6-25,28,31-73H2,1-5H3,(H,109,110)/b29-26-,30-27-. The van der Waals surface area contributed by atoms with E-state index in [9.17, 15) is 74.6 Å². The monoisotopic (exact) mass is 1750 g/mol. The normalized spacial score (nSPS) is 25.0. The maximum Gasteiger partial charge on any atom is 0.472 e. The molecule has 0 spiro atoms. The number of hydrogen-bond donors (Lipinski definition) is 10. The Hall–Kier alpha value is -3.05. The van der Waals surface area contributed by atoms with E-state index in [0.717, 1.165) is 161 Å². The van der Waals surface area contributed by atoms with Crippen LogP contribution in [-0.2, 0) is 70.7 Å². The highest BCUT2D eigenvalue weighted by Gasteiger charge is 2.60. The van der Waals surface area contributed by atoms with Gasteiger partial charge in [0.25, 0.3) is 0 Å². The van der Waals surface area contributed by atoms with E-state index in [1.54, 1.807) is 0 Å². The molecule has 19 unspecified atom stereocenters. The molecule has 1 aliphatic carbocycles. The summed E-state index contributed by atoms with van der Waals surface area (Å²) in [6, 6.07) is 0. The average Bonchev–Trinajstić information content (AvgIpc) is 0.754. The van der Waals surface area contributed by atoms with Crippen molar-refractivity contribution in [1.29, 1.82) is 0 Å². The predicted octanol–water partition coefficient (Wildman–Crippen LogP) is 18.7. The molecule has 25 nitrogen and oxygen atoms in total. The lowest BCUT2D eigenvalue weighted by Gasteiger charge is -2.50. The molecular formula is C95H175O25P. The Kier molecular flexibility index (Phi) is 67.5. The first-order valence-corrected chi connectivity index (χ1v) is 50.5. The van der Waals surface area contributed by atoms with Gasteiger partial charge in [-0.15, -0.1) is 0 Å². The van der Waals surface area contributed by atoms with Gasteiger partial charge in [0.15, 0.2) is 24.8 Å². The van der Waals surface area contributed by atoms with E-state index in [1.165, 1.54) is 167 Å². The number of aliphatic hydroxyl groups excluding tert-OH is 9. The molecule has 3 aliphatic rings. The van der Waals surface area contributed by atoms with Crippen LogP contribution in [0.1, 0.15) is 420 Å². The molecule has 1 saturated carbocycles. The molecule has 0 bridgehead atoms. The quantitative estimate of drug-likeness (QED) is 0.00889. The van der Waals surface area contributed by atoms with Crippen LogP contribution in [-0.4, -0.2) is 205 Å². The summed E-state index contributed by atoms with van der Waals surface area (Å²) in [6.45, 7) is 7.93. The molecule has 0 radical (unpaired) electrons. The summed E-state index contributed by atoms with van der Waals surface area (Å²) in [6.07, 6.45) is 32.9. The molecule has 121 heavy (non-hydrogen) atoms. The maximum absolute atomic E-state index is 14.9. The zero-order chi connectivity index (χ0) is 88.4. The van der Waals surface area contributed by atoms with Crippen LogP contribution in [0.5, 0.6) is 0 Å². The van der Waals surface area contributed by atoms with Gasteiger partial charge in [-0.25, -0.2) is 4.57 Å². The second-order valence-corrected chi connectivity index (χ2v) is 36.6. The van der Waals surface area contributed by atoms with Gasteiger partial charge >= 0.3 is 31.7 Å². The number of carbonyl (C=O) groups excluding carboxylic acids is 4. The topological polar surface area (TPSA) is 380 Å². The molecule has 710 valence electrons. The third-order valence-corrected chi connectivity index (χ3v) is 25.1. The summed E-state index contributed by atoms with van der Waals surface area (Å²) in [5.74, 6) is -2.28. The molecule has 3 fully saturated rings. The van der Waals surface area contributed by atoms with Crippen LogP contribution in [0.2, 0.25) is 0 Å². The molecule has 2 heterocycles. The van der Waals surface area contributed by atoms with E-state index in [1.807, 2.05) is 0 Å². The van der Waals surface area contributed by atoms with Crippen molar-refractivity contribution < 1.29 is 122 Å². The van der Waals surface area contributed by atoms with Crippen molar-refractivity contribution in [3.05, 3.63) is 24.3 Å². The first kappa shape index (κ1) is 112. The molecule has 10 N–H and O–H groups in total. The summed E-state index contributed by atoms with van der Waals surface area (Å²) in [5.41, 5.74) is 0. The lowest BCUT2D eigenvalue weighted by atomic mass is 9.84. The minimum Gasteiger partial charge on any atom is -0.463 e. The van der Waals surface area contributed by atoms with E-state index in [4.69, 9.17) is 46.9 Å². The van der Waals surface area contributed by atoms with Gasteiger partial charge in [-0.05, 0) is 83.0 Å². The van der Waals surface area contributed by atoms with Crippen LogP contribution in [0.3, 0.4) is 0 Å². The molecule has 0 aromatic heterocycles. The van der Waals surface area contributed by atoms with Crippen molar-refractivity contribution in [3.63, 3.8) is 0 Å². The van der Waals surface area contributed by atoms with Crippen LogP contribution >= 0.6 is 7.82 Å². The van der Waals surface area contributed by atoms with Crippen LogP contribution in [0.25, 0.3) is 0 Å². The van der Waals surface area contributed by atoms with Gasteiger partial charge in [0, 0.05) is 25.7 Å². The van der Waals surface area contributed by atoms with Crippen molar-refractivity contribution in [2.24, 2.45) is 5.92 Å². The largest absolute Gasteiger partial charge is 0.472 e. The number of phosphoric acid groups is 1. The Balaban J connectivity index is 1.91. The van der Waals surface area contributed by atoms with Gasteiger partial charge in [-0.3, -0.25) is 28.2 Å². The van der Waals surface area contributed by atoms with Crippen LogP contribution < -0.4 is 0 Å². The van der Waals surface area contributed by atoms with Gasteiger partial charge in [0.05, 0.1) is 13.2 Å². The van der Waals surface area contributed by atoms with E-state index in [-0.39, 0.29) is 25.7 Å². The lowest BCUT2D eigenvalue weighted by Crippen LogP contribution is -2.70. The van der Waals surface area contributed by atoms with Gasteiger partial charge in [-0.2, -0.15) is 0 Å². The maximum atomic E-state index is 14.9. The van der Waals surface area contributed by atoms with Gasteiger partial charge in [0.2, 0.25) is 0 Å². The zero-order valence-electron chi connectivity index (χ0n) is 76.0. The molecular weight excluding hydrogens is 1570 g/mol. The van der Waals surface area contributed by atoms with Crippen LogP contribution in [0.4, 0.5) is 0 Å². The van der Waals surface area contributed by atoms with E-state index in [0.29, 0.717) is 38.0 Å². The summed E-state index contributed by atoms with van der Waals surface area (Å²) >= 11 is 0. The number of aliphatic hydroxyl groups is 9. The average molecular weight is 1750 g/mol. The second-order valence-electron chi connectivity index (χ2n) is 35.2. The lowest BCUT2D eigenvalue weighted by molar-refractivity contribution is -0.360. The van der Waals surface area contributed by atoms with Crippen molar-refractivity contribution in [1.82, 2.24) is 0 Å². The molecule has 2 aliphatic heterocycles. The van der Waals surface area contributed by atoms with Gasteiger partial charge in [-0.1, -0.05) is 341 Å². The molecule has 26 heteroatoms. The smallest absolute Gasteiger partial charge is 0.463 e. The van der Waals surface area contributed by atoms with Crippen molar-refractivity contribution in [3.8, 4) is 0 Å². The fourth-order valence-corrected chi connectivity index (χ4v) is 17.2. The Morgan fingerprint density at radius 3 is 1.07 bits per heavy atom. The summed E-state index contributed by atoms with van der Waals surface area (Å²) in [5, 5.41) is 103. The minimum atomic E-state index is -5.81. The number of phosphoric ester groups is 1. The second kappa shape index (κ2) is 72.8. The number of carbonyl (C=O) groups is 4. The molecule has 0 aromatic rings. The fourth-order valence-electron chi connectivity index (χ4n) is 16.2. The third-order valence-electron chi connectivity index (χ3n) is 24.1. The SMILES string of the molecule is CCCCCC/C=C\CCCCCCCCCC(=O)OCC(COP(=O)(O)OC1C(OC2OC(CO)C(O)C(O)C2O)C(O)C(O)C(OC(=O)CCCCCCCCC/C=C\CCCCCC)C1OC1OC(COC(=O)CCCCCCCCC(C)CCCCCCCC)C(O)C(O)C1O)OC(=O)CCCCCCCCCCCCCCCCCC. The number of allylic oxidation sites excluding steroid dienone is 4. The highest BCUT2D eigenvalue weighted by molar-refractivity contribution is 7.47. The Morgan fingerprint density at radius 2 is 0.669 bits per heavy atom. The predicted molar refractivity (Wildman–Crippen MR) is 472 cm³/mol. The highest BCUT2D eigenvalue weighted by Crippen LogP contribution is 2.49. The zero-order valence-corrected chi connectivity index (χ0v) is 76.9. The van der Waals surface area contributed by atoms with Crippen molar-refractivity contribution >= 4 is 31.7 Å².